The molecule has 158 valence electrons. The van der Waals surface area contributed by atoms with Gasteiger partial charge >= 0.3 is 5.97 Å². The van der Waals surface area contributed by atoms with E-state index in [0.29, 0.717) is 27.9 Å². The second-order valence-electron chi connectivity index (χ2n) is 6.67. The number of hydrogen-bond donors (Lipinski definition) is 0. The molecule has 3 aromatic rings. The highest BCUT2D eigenvalue weighted by molar-refractivity contribution is 6.35. The zero-order chi connectivity index (χ0) is 22.2. The average Bonchev–Trinajstić information content (AvgIpc) is 2.78. The van der Waals surface area contributed by atoms with Gasteiger partial charge in [0, 0.05) is 21.8 Å². The number of esters is 1. The van der Waals surface area contributed by atoms with Crippen LogP contribution in [-0.2, 0) is 16.1 Å². The van der Waals surface area contributed by atoms with Crippen molar-refractivity contribution in [3.63, 3.8) is 0 Å². The molecular weight excluding hydrogens is 433 g/mol. The third-order valence-electron chi connectivity index (χ3n) is 4.52. The van der Waals surface area contributed by atoms with Crippen LogP contribution in [0.1, 0.15) is 28.4 Å². The zero-order valence-electron chi connectivity index (χ0n) is 16.9. The molecule has 1 amide bonds. The lowest BCUT2D eigenvalue weighted by atomic mass is 10.1. The van der Waals surface area contributed by atoms with E-state index in [9.17, 15) is 9.59 Å². The lowest BCUT2D eigenvalue weighted by Gasteiger charge is -2.22. The smallest absolute Gasteiger partial charge is 0.338 e. The normalized spacial score (nSPS) is 10.8. The molecule has 3 rings (SSSR count). The van der Waals surface area contributed by atoms with Crippen molar-refractivity contribution in [1.29, 1.82) is 0 Å². The summed E-state index contributed by atoms with van der Waals surface area (Å²) in [5.74, 6) is -0.629. The Morgan fingerprint density at radius 1 is 0.968 bits per heavy atom. The van der Waals surface area contributed by atoms with Crippen LogP contribution in [0.2, 0.25) is 10.0 Å². The number of anilines is 1. The molecule has 0 aliphatic carbocycles. The Morgan fingerprint density at radius 2 is 1.68 bits per heavy atom. The number of ether oxygens (including phenoxy) is 1. The van der Waals surface area contributed by atoms with E-state index in [2.05, 4.69) is 0 Å². The van der Waals surface area contributed by atoms with Gasteiger partial charge in [0.05, 0.1) is 18.7 Å². The largest absolute Gasteiger partial charge is 0.462 e. The van der Waals surface area contributed by atoms with E-state index in [-0.39, 0.29) is 12.5 Å². The number of hydrogen-bond acceptors (Lipinski definition) is 3. The summed E-state index contributed by atoms with van der Waals surface area (Å²) in [6.45, 7) is 2.29. The van der Waals surface area contributed by atoms with Gasteiger partial charge in [-0.3, -0.25) is 4.79 Å². The van der Waals surface area contributed by atoms with E-state index in [0.717, 1.165) is 11.1 Å². The van der Waals surface area contributed by atoms with Crippen LogP contribution in [-0.4, -0.2) is 18.5 Å². The molecule has 0 bridgehead atoms. The minimum Gasteiger partial charge on any atom is -0.462 e. The number of benzene rings is 3. The first kappa shape index (κ1) is 22.6. The summed E-state index contributed by atoms with van der Waals surface area (Å²) in [5, 5.41) is 0.995. The molecule has 4 nitrogen and oxygen atoms in total. The molecule has 0 heterocycles. The molecule has 0 unspecified atom stereocenters. The van der Waals surface area contributed by atoms with Crippen LogP contribution in [0.15, 0.2) is 78.9 Å². The van der Waals surface area contributed by atoms with Gasteiger partial charge in [0.25, 0.3) is 5.91 Å². The molecule has 0 radical (unpaired) electrons. The predicted octanol–water partition coefficient (Wildman–Crippen LogP) is 6.42. The summed E-state index contributed by atoms with van der Waals surface area (Å²) in [4.78, 5) is 26.6. The maximum Gasteiger partial charge on any atom is 0.338 e. The summed E-state index contributed by atoms with van der Waals surface area (Å²) in [5.41, 5.74) is 2.71. The topological polar surface area (TPSA) is 46.6 Å². The quantitative estimate of drug-likeness (QED) is 0.306. The van der Waals surface area contributed by atoms with Crippen LogP contribution in [0.3, 0.4) is 0 Å². The summed E-state index contributed by atoms with van der Waals surface area (Å²) >= 11 is 12.3. The Kier molecular flexibility index (Phi) is 7.88. The number of carbonyl (C=O) groups is 2. The maximum atomic E-state index is 13.1. The van der Waals surface area contributed by atoms with Gasteiger partial charge in [-0.25, -0.2) is 4.79 Å². The van der Waals surface area contributed by atoms with Crippen molar-refractivity contribution in [2.24, 2.45) is 0 Å². The van der Waals surface area contributed by atoms with E-state index in [1.807, 2.05) is 30.3 Å². The van der Waals surface area contributed by atoms with Crippen LogP contribution >= 0.6 is 23.2 Å². The van der Waals surface area contributed by atoms with Crippen LogP contribution in [0.5, 0.6) is 0 Å². The van der Waals surface area contributed by atoms with Crippen molar-refractivity contribution in [3.05, 3.63) is 106 Å². The first-order chi connectivity index (χ1) is 15.0. The number of carbonyl (C=O) groups excluding carboxylic acids is 2. The number of halogens is 2. The summed E-state index contributed by atoms with van der Waals surface area (Å²) in [6, 6.07) is 21.4. The fraction of sp³-hybridized carbons (Fsp3) is 0.120. The zero-order valence-corrected chi connectivity index (χ0v) is 18.4. The number of amides is 1. The van der Waals surface area contributed by atoms with Crippen LogP contribution in [0.4, 0.5) is 5.69 Å². The lowest BCUT2D eigenvalue weighted by Crippen LogP contribution is -2.28. The monoisotopic (exact) mass is 453 g/mol. The minimum absolute atomic E-state index is 0.223. The minimum atomic E-state index is -0.406. The van der Waals surface area contributed by atoms with Crippen molar-refractivity contribution in [1.82, 2.24) is 0 Å². The molecule has 0 spiro atoms. The molecule has 3 aromatic carbocycles. The Labute approximate surface area is 191 Å². The molecule has 0 aliphatic heterocycles. The third-order valence-corrected chi connectivity index (χ3v) is 5.10. The Balaban J connectivity index is 1.90. The van der Waals surface area contributed by atoms with Crippen LogP contribution < -0.4 is 4.90 Å². The first-order valence-corrected chi connectivity index (χ1v) is 10.5. The van der Waals surface area contributed by atoms with Crippen molar-refractivity contribution < 1.29 is 14.3 Å². The SMILES string of the molecule is CCOC(=O)c1ccc(N(Cc2ccc(Cl)cc2Cl)C(=O)/C=C/c2ccccc2)cc1. The maximum absolute atomic E-state index is 13.1. The molecule has 0 atom stereocenters. The van der Waals surface area contributed by atoms with E-state index in [1.54, 1.807) is 60.4 Å². The summed E-state index contributed by atoms with van der Waals surface area (Å²) in [6.07, 6.45) is 3.27. The average molecular weight is 454 g/mol. The van der Waals surface area contributed by atoms with Crippen LogP contribution in [0.25, 0.3) is 6.08 Å². The van der Waals surface area contributed by atoms with Gasteiger partial charge in [-0.05, 0) is 60.5 Å². The highest BCUT2D eigenvalue weighted by Crippen LogP contribution is 2.25. The molecule has 0 saturated heterocycles. The second-order valence-corrected chi connectivity index (χ2v) is 7.52. The van der Waals surface area contributed by atoms with Gasteiger partial charge in [-0.15, -0.1) is 0 Å². The summed E-state index contributed by atoms with van der Waals surface area (Å²) < 4.78 is 5.03. The molecule has 0 aliphatic rings. The van der Waals surface area contributed by atoms with Crippen molar-refractivity contribution in [3.8, 4) is 0 Å². The molecule has 0 saturated carbocycles. The molecule has 0 fully saturated rings. The Morgan fingerprint density at radius 3 is 2.32 bits per heavy atom. The van der Waals surface area contributed by atoms with E-state index in [1.165, 1.54) is 6.08 Å². The molecule has 6 heteroatoms. The third kappa shape index (κ3) is 6.20. The standard InChI is InChI=1S/C25H21Cl2NO3/c1-2-31-25(30)19-10-13-22(14-11-19)28(17-20-9-12-21(26)16-23(20)27)24(29)15-8-18-6-4-3-5-7-18/h3-16H,2,17H2,1H3/b15-8+. The first-order valence-electron chi connectivity index (χ1n) is 9.73. The molecule has 31 heavy (non-hydrogen) atoms. The molecular formula is C25H21Cl2NO3. The van der Waals surface area contributed by atoms with Gasteiger partial charge in [0.2, 0.25) is 0 Å². The Bertz CT molecular complexity index is 1080. The predicted molar refractivity (Wildman–Crippen MR) is 126 cm³/mol. The highest BCUT2D eigenvalue weighted by Gasteiger charge is 2.17. The van der Waals surface area contributed by atoms with E-state index >= 15 is 0 Å². The van der Waals surface area contributed by atoms with Crippen molar-refractivity contribution in [2.75, 3.05) is 11.5 Å². The lowest BCUT2D eigenvalue weighted by molar-refractivity contribution is -0.114. The van der Waals surface area contributed by atoms with E-state index in [4.69, 9.17) is 27.9 Å². The van der Waals surface area contributed by atoms with E-state index < -0.39 is 5.97 Å². The highest BCUT2D eigenvalue weighted by atomic mass is 35.5. The fourth-order valence-electron chi connectivity index (χ4n) is 2.93. The van der Waals surface area contributed by atoms with Crippen LogP contribution in [0, 0.1) is 0 Å². The van der Waals surface area contributed by atoms with Gasteiger partial charge in [0.1, 0.15) is 0 Å². The second kappa shape index (κ2) is 10.8. The number of nitrogens with zero attached hydrogens (tertiary/aromatic N) is 1. The van der Waals surface area contributed by atoms with Gasteiger partial charge in [-0.2, -0.15) is 0 Å². The van der Waals surface area contributed by atoms with Gasteiger partial charge in [-0.1, -0.05) is 59.6 Å². The fourth-order valence-corrected chi connectivity index (χ4v) is 3.40. The van der Waals surface area contributed by atoms with Gasteiger partial charge < -0.3 is 9.64 Å². The summed E-state index contributed by atoms with van der Waals surface area (Å²) in [7, 11) is 0. The Hall–Kier alpha value is -3.08. The van der Waals surface area contributed by atoms with Crippen molar-refractivity contribution in [2.45, 2.75) is 13.5 Å². The van der Waals surface area contributed by atoms with Gasteiger partial charge in [0.15, 0.2) is 0 Å². The number of rotatable bonds is 7. The molecule has 0 aromatic heterocycles. The molecule has 0 N–H and O–H groups in total. The van der Waals surface area contributed by atoms with Crippen molar-refractivity contribution >= 4 is 46.8 Å².